The Hall–Kier alpha value is -2.14. The van der Waals surface area contributed by atoms with Gasteiger partial charge in [0.2, 0.25) is 0 Å². The zero-order valence-corrected chi connectivity index (χ0v) is 12.8. The summed E-state index contributed by atoms with van der Waals surface area (Å²) in [4.78, 5) is 9.98. The fraction of sp³-hybridized carbons (Fsp3) is 0.300. The number of nitrogen functional groups attached to an aromatic ring is 1. The van der Waals surface area contributed by atoms with Gasteiger partial charge in [-0.3, -0.25) is 19.5 Å². The van der Waals surface area contributed by atoms with Crippen molar-refractivity contribution in [1.29, 1.82) is 0 Å². The van der Waals surface area contributed by atoms with E-state index >= 15 is 0 Å². The second-order valence-electron chi connectivity index (χ2n) is 4.48. The van der Waals surface area contributed by atoms with Crippen LogP contribution in [0.4, 0.5) is 16.4 Å². The molecule has 2 heterocycles. The van der Waals surface area contributed by atoms with Gasteiger partial charge in [-0.05, 0) is 13.8 Å². The van der Waals surface area contributed by atoms with Crippen molar-refractivity contribution in [3.8, 4) is 0 Å². The molecule has 2 aromatic heterocycles. The van der Waals surface area contributed by atoms with E-state index in [0.717, 1.165) is 6.07 Å². The van der Waals surface area contributed by atoms with Crippen LogP contribution in [0, 0.1) is 10.1 Å². The van der Waals surface area contributed by atoms with E-state index in [4.69, 9.17) is 5.73 Å². The van der Waals surface area contributed by atoms with Gasteiger partial charge < -0.3 is 5.73 Å². The van der Waals surface area contributed by atoms with E-state index in [9.17, 15) is 18.5 Å². The van der Waals surface area contributed by atoms with Crippen molar-refractivity contribution >= 4 is 37.7 Å². The minimum atomic E-state index is -3.93. The minimum Gasteiger partial charge on any atom is -0.385 e. The van der Waals surface area contributed by atoms with E-state index < -0.39 is 20.6 Å². The summed E-state index contributed by atoms with van der Waals surface area (Å²) in [5.41, 5.74) is 5.30. The highest BCUT2D eigenvalue weighted by Gasteiger charge is 2.25. The first kappa shape index (κ1) is 15.3. The molecule has 0 amide bonds. The summed E-state index contributed by atoms with van der Waals surface area (Å²) in [5.74, 6) is 0. The van der Waals surface area contributed by atoms with Gasteiger partial charge in [0.15, 0.2) is 5.00 Å². The lowest BCUT2D eigenvalue weighted by atomic mass is 10.4. The molecule has 0 unspecified atom stereocenters. The summed E-state index contributed by atoms with van der Waals surface area (Å²) in [7, 11) is -3.93. The van der Waals surface area contributed by atoms with Crippen molar-refractivity contribution in [2.24, 2.45) is 0 Å². The number of anilines is 2. The highest BCUT2D eigenvalue weighted by Crippen LogP contribution is 2.35. The minimum absolute atomic E-state index is 0.0849. The van der Waals surface area contributed by atoms with Gasteiger partial charge in [0.1, 0.15) is 4.21 Å². The maximum Gasteiger partial charge on any atom is 0.304 e. The molecule has 0 aliphatic rings. The Morgan fingerprint density at radius 1 is 1.52 bits per heavy atom. The summed E-state index contributed by atoms with van der Waals surface area (Å²) >= 11 is 0.640. The number of hydrogen-bond donors (Lipinski definition) is 2. The first-order chi connectivity index (χ1) is 9.70. The molecule has 0 radical (unpaired) electrons. The molecule has 114 valence electrons. The summed E-state index contributed by atoms with van der Waals surface area (Å²) in [6.07, 6.45) is 2.90. The highest BCUT2D eigenvalue weighted by molar-refractivity contribution is 7.94. The van der Waals surface area contributed by atoms with Crippen molar-refractivity contribution in [3.05, 3.63) is 28.6 Å². The number of aromatic nitrogens is 2. The van der Waals surface area contributed by atoms with Crippen LogP contribution in [0.15, 0.2) is 22.7 Å². The third-order valence-corrected chi connectivity index (χ3v) is 5.37. The molecule has 2 aromatic rings. The fourth-order valence-electron chi connectivity index (χ4n) is 1.53. The van der Waals surface area contributed by atoms with Crippen LogP contribution in [0.1, 0.15) is 19.9 Å². The van der Waals surface area contributed by atoms with E-state index in [1.165, 1.54) is 12.4 Å². The van der Waals surface area contributed by atoms with Gasteiger partial charge in [0.05, 0.1) is 16.8 Å². The third kappa shape index (κ3) is 3.13. The molecule has 0 atom stereocenters. The topological polar surface area (TPSA) is 133 Å². The molecule has 21 heavy (non-hydrogen) atoms. The summed E-state index contributed by atoms with van der Waals surface area (Å²) in [6.45, 7) is 3.79. The molecular formula is C10H13N5O4S2. The number of nitrogens with zero attached hydrogens (tertiary/aromatic N) is 3. The maximum atomic E-state index is 12.2. The smallest absolute Gasteiger partial charge is 0.304 e. The number of nitrogens with one attached hydrogen (secondary N) is 1. The molecule has 2 rings (SSSR count). The average molecular weight is 331 g/mol. The lowest BCUT2D eigenvalue weighted by Gasteiger charge is -2.04. The maximum absolute atomic E-state index is 12.2. The normalized spacial score (nSPS) is 11.8. The Bertz CT molecular complexity index is 777. The zero-order chi connectivity index (χ0) is 15.8. The highest BCUT2D eigenvalue weighted by atomic mass is 32.2. The average Bonchev–Trinajstić information content (AvgIpc) is 2.95. The van der Waals surface area contributed by atoms with E-state index in [0.29, 0.717) is 11.3 Å². The number of sulfonamides is 1. The molecule has 0 spiro atoms. The van der Waals surface area contributed by atoms with Crippen molar-refractivity contribution in [3.63, 3.8) is 0 Å². The van der Waals surface area contributed by atoms with Crippen molar-refractivity contribution < 1.29 is 13.3 Å². The molecule has 11 heteroatoms. The zero-order valence-electron chi connectivity index (χ0n) is 11.2. The first-order valence-corrected chi connectivity index (χ1v) is 8.11. The molecule has 0 bridgehead atoms. The van der Waals surface area contributed by atoms with Crippen LogP contribution in [0.5, 0.6) is 0 Å². The van der Waals surface area contributed by atoms with Crippen LogP contribution in [0.2, 0.25) is 0 Å². The quantitative estimate of drug-likeness (QED) is 0.634. The molecule has 3 N–H and O–H groups in total. The number of nitrogens with two attached hydrogens (primary N) is 1. The monoisotopic (exact) mass is 331 g/mol. The lowest BCUT2D eigenvalue weighted by molar-refractivity contribution is -0.383. The van der Waals surface area contributed by atoms with E-state index in [-0.39, 0.29) is 20.9 Å². The van der Waals surface area contributed by atoms with E-state index in [2.05, 4.69) is 9.82 Å². The SMILES string of the molecule is CC(C)n1cc(NS(=O)(=O)c2cc([N+](=O)[O-])c(N)s2)cn1. The van der Waals surface area contributed by atoms with Crippen molar-refractivity contribution in [2.45, 2.75) is 24.1 Å². The number of rotatable bonds is 5. The van der Waals surface area contributed by atoms with Gasteiger partial charge in [0.25, 0.3) is 10.0 Å². The van der Waals surface area contributed by atoms with Crippen molar-refractivity contribution in [1.82, 2.24) is 9.78 Å². The predicted octanol–water partition coefficient (Wildman–Crippen LogP) is 1.82. The third-order valence-electron chi connectivity index (χ3n) is 2.56. The van der Waals surface area contributed by atoms with Crippen LogP contribution in [0.25, 0.3) is 0 Å². The molecule has 0 aliphatic heterocycles. The van der Waals surface area contributed by atoms with Crippen molar-refractivity contribution in [2.75, 3.05) is 10.5 Å². The predicted molar refractivity (Wildman–Crippen MR) is 78.8 cm³/mol. The van der Waals surface area contributed by atoms with Crippen LogP contribution < -0.4 is 10.5 Å². The molecular weight excluding hydrogens is 318 g/mol. The Balaban J connectivity index is 2.29. The van der Waals surface area contributed by atoms with Gasteiger partial charge in [0, 0.05) is 18.3 Å². The Morgan fingerprint density at radius 3 is 2.67 bits per heavy atom. The van der Waals surface area contributed by atoms with E-state index in [1.54, 1.807) is 4.68 Å². The number of thiophene rings is 1. The van der Waals surface area contributed by atoms with Crippen LogP contribution >= 0.6 is 11.3 Å². The number of nitro groups is 1. The Morgan fingerprint density at radius 2 is 2.19 bits per heavy atom. The van der Waals surface area contributed by atoms with Crippen LogP contribution in [0.3, 0.4) is 0 Å². The largest absolute Gasteiger partial charge is 0.385 e. The standard InChI is InChI=1S/C10H13N5O4S2/c1-6(2)14-5-7(4-12-14)13-21(18,19)9-3-8(15(16)17)10(11)20-9/h3-6,13H,11H2,1-2H3. The molecule has 0 aromatic carbocycles. The van der Waals surface area contributed by atoms with E-state index in [1.807, 2.05) is 13.8 Å². The van der Waals surface area contributed by atoms with Gasteiger partial charge in [-0.2, -0.15) is 5.10 Å². The Kier molecular flexibility index (Phi) is 3.87. The summed E-state index contributed by atoms with van der Waals surface area (Å²) in [5, 5.41) is 14.6. The lowest BCUT2D eigenvalue weighted by Crippen LogP contribution is -2.11. The second-order valence-corrected chi connectivity index (χ2v) is 7.47. The molecule has 0 saturated carbocycles. The van der Waals surface area contributed by atoms with Gasteiger partial charge >= 0.3 is 5.69 Å². The Labute approximate surface area is 124 Å². The number of hydrogen-bond acceptors (Lipinski definition) is 7. The molecule has 0 saturated heterocycles. The summed E-state index contributed by atoms with van der Waals surface area (Å²) in [6, 6.07) is 1.02. The fourth-order valence-corrected chi connectivity index (χ4v) is 3.77. The van der Waals surface area contributed by atoms with Gasteiger partial charge in [-0.15, -0.1) is 0 Å². The molecule has 0 fully saturated rings. The van der Waals surface area contributed by atoms with Crippen LogP contribution in [-0.2, 0) is 10.0 Å². The first-order valence-electron chi connectivity index (χ1n) is 5.81. The van der Waals surface area contributed by atoms with Gasteiger partial charge in [-0.1, -0.05) is 11.3 Å². The summed E-state index contributed by atoms with van der Waals surface area (Å²) < 4.78 is 28.0. The van der Waals surface area contributed by atoms with Gasteiger partial charge in [-0.25, -0.2) is 8.42 Å². The van der Waals surface area contributed by atoms with Crippen LogP contribution in [-0.4, -0.2) is 23.1 Å². The molecule has 9 nitrogen and oxygen atoms in total. The molecule has 0 aliphatic carbocycles. The second kappa shape index (κ2) is 5.33.